The molecule has 2 aromatic carbocycles. The SMILES string of the molecule is C=CCOc1cccc(NC(=S)NC(=O)c2ccccc2OCCCCC)c1. The number of benzene rings is 2. The third-order valence-electron chi connectivity index (χ3n) is 3.82. The van der Waals surface area contributed by atoms with E-state index in [1.54, 1.807) is 30.3 Å². The Morgan fingerprint density at radius 2 is 1.96 bits per heavy atom. The first-order chi connectivity index (χ1) is 13.6. The number of nitrogens with one attached hydrogen (secondary N) is 2. The molecule has 28 heavy (non-hydrogen) atoms. The number of hydrogen-bond donors (Lipinski definition) is 2. The van der Waals surface area contributed by atoms with E-state index in [4.69, 9.17) is 21.7 Å². The van der Waals surface area contributed by atoms with Gasteiger partial charge in [0.2, 0.25) is 0 Å². The van der Waals surface area contributed by atoms with E-state index in [9.17, 15) is 4.79 Å². The molecule has 0 aliphatic carbocycles. The molecule has 2 aromatic rings. The van der Waals surface area contributed by atoms with Crippen LogP contribution in [0.2, 0.25) is 0 Å². The molecule has 0 unspecified atom stereocenters. The van der Waals surface area contributed by atoms with Gasteiger partial charge in [-0.15, -0.1) is 0 Å². The molecule has 0 bridgehead atoms. The maximum Gasteiger partial charge on any atom is 0.261 e. The topological polar surface area (TPSA) is 59.6 Å². The highest BCUT2D eigenvalue weighted by molar-refractivity contribution is 7.80. The smallest absolute Gasteiger partial charge is 0.261 e. The molecule has 2 rings (SSSR count). The molecular weight excluding hydrogens is 372 g/mol. The van der Waals surface area contributed by atoms with Crippen LogP contribution in [0.25, 0.3) is 0 Å². The summed E-state index contributed by atoms with van der Waals surface area (Å²) in [6.07, 6.45) is 4.84. The number of hydrogen-bond acceptors (Lipinski definition) is 4. The van der Waals surface area contributed by atoms with Crippen LogP contribution in [0.15, 0.2) is 61.2 Å². The highest BCUT2D eigenvalue weighted by atomic mass is 32.1. The zero-order valence-electron chi connectivity index (χ0n) is 16.1. The maximum atomic E-state index is 12.6. The molecule has 0 saturated carbocycles. The summed E-state index contributed by atoms with van der Waals surface area (Å²) >= 11 is 5.27. The van der Waals surface area contributed by atoms with E-state index in [0.29, 0.717) is 30.3 Å². The van der Waals surface area contributed by atoms with Gasteiger partial charge < -0.3 is 14.8 Å². The summed E-state index contributed by atoms with van der Waals surface area (Å²) in [4.78, 5) is 12.6. The van der Waals surface area contributed by atoms with Crippen LogP contribution in [0.3, 0.4) is 0 Å². The number of carbonyl (C=O) groups is 1. The van der Waals surface area contributed by atoms with Gasteiger partial charge in [0.15, 0.2) is 5.11 Å². The van der Waals surface area contributed by atoms with E-state index < -0.39 is 0 Å². The van der Waals surface area contributed by atoms with E-state index in [1.165, 1.54) is 0 Å². The minimum absolute atomic E-state index is 0.201. The Balaban J connectivity index is 1.95. The highest BCUT2D eigenvalue weighted by Gasteiger charge is 2.13. The number of para-hydroxylation sites is 1. The van der Waals surface area contributed by atoms with E-state index in [2.05, 4.69) is 24.1 Å². The summed E-state index contributed by atoms with van der Waals surface area (Å²) in [7, 11) is 0. The predicted octanol–water partition coefficient (Wildman–Crippen LogP) is 4.95. The molecule has 0 heterocycles. The molecule has 0 saturated heterocycles. The third kappa shape index (κ3) is 7.04. The highest BCUT2D eigenvalue weighted by Crippen LogP contribution is 2.19. The summed E-state index contributed by atoms with van der Waals surface area (Å²) in [5.74, 6) is 0.922. The summed E-state index contributed by atoms with van der Waals surface area (Å²) in [6, 6.07) is 14.5. The Morgan fingerprint density at radius 1 is 1.14 bits per heavy atom. The average Bonchev–Trinajstić information content (AvgIpc) is 2.70. The number of ether oxygens (including phenoxy) is 2. The number of thiocarbonyl (C=S) groups is 1. The molecule has 6 heteroatoms. The van der Waals surface area contributed by atoms with Crippen molar-refractivity contribution in [3.05, 3.63) is 66.7 Å². The van der Waals surface area contributed by atoms with Crippen molar-refractivity contribution in [1.82, 2.24) is 5.32 Å². The summed E-state index contributed by atoms with van der Waals surface area (Å²) in [5, 5.41) is 5.89. The van der Waals surface area contributed by atoms with Gasteiger partial charge >= 0.3 is 0 Å². The van der Waals surface area contributed by atoms with Crippen molar-refractivity contribution in [3.8, 4) is 11.5 Å². The summed E-state index contributed by atoms with van der Waals surface area (Å²) < 4.78 is 11.3. The van der Waals surface area contributed by atoms with E-state index in [1.807, 2.05) is 24.3 Å². The van der Waals surface area contributed by atoms with Crippen molar-refractivity contribution in [3.63, 3.8) is 0 Å². The van der Waals surface area contributed by atoms with Crippen LogP contribution in [-0.2, 0) is 0 Å². The van der Waals surface area contributed by atoms with Crippen LogP contribution in [0.4, 0.5) is 5.69 Å². The van der Waals surface area contributed by atoms with Crippen molar-refractivity contribution in [2.45, 2.75) is 26.2 Å². The molecule has 0 aliphatic rings. The number of anilines is 1. The Morgan fingerprint density at radius 3 is 2.75 bits per heavy atom. The van der Waals surface area contributed by atoms with Gasteiger partial charge in [0.25, 0.3) is 5.91 Å². The summed E-state index contributed by atoms with van der Waals surface area (Å²) in [6.45, 7) is 6.76. The molecule has 148 valence electrons. The number of unbranched alkanes of at least 4 members (excludes halogenated alkanes) is 2. The lowest BCUT2D eigenvalue weighted by atomic mass is 10.2. The molecule has 1 amide bonds. The quantitative estimate of drug-likeness (QED) is 0.337. The molecule has 0 spiro atoms. The lowest BCUT2D eigenvalue weighted by Gasteiger charge is -2.13. The first-order valence-electron chi connectivity index (χ1n) is 9.32. The monoisotopic (exact) mass is 398 g/mol. The average molecular weight is 399 g/mol. The maximum absolute atomic E-state index is 12.6. The minimum Gasteiger partial charge on any atom is -0.493 e. The molecule has 2 N–H and O–H groups in total. The number of amides is 1. The van der Waals surface area contributed by atoms with Gasteiger partial charge in [-0.1, -0.05) is 50.6 Å². The zero-order chi connectivity index (χ0) is 20.2. The Labute approximate surface area is 171 Å². The Kier molecular flexibility index (Phi) is 9.01. The van der Waals surface area contributed by atoms with Crippen LogP contribution in [0.5, 0.6) is 11.5 Å². The first-order valence-corrected chi connectivity index (χ1v) is 9.72. The molecule has 0 atom stereocenters. The van der Waals surface area contributed by atoms with Gasteiger partial charge in [0.05, 0.1) is 12.2 Å². The lowest BCUT2D eigenvalue weighted by Crippen LogP contribution is -2.34. The molecule has 0 fully saturated rings. The third-order valence-corrected chi connectivity index (χ3v) is 4.03. The van der Waals surface area contributed by atoms with Gasteiger partial charge in [0.1, 0.15) is 18.1 Å². The fourth-order valence-corrected chi connectivity index (χ4v) is 2.68. The summed E-state index contributed by atoms with van der Waals surface area (Å²) in [5.41, 5.74) is 1.17. The van der Waals surface area contributed by atoms with Crippen LogP contribution in [0, 0.1) is 0 Å². The fourth-order valence-electron chi connectivity index (χ4n) is 2.47. The van der Waals surface area contributed by atoms with E-state index >= 15 is 0 Å². The Bertz CT molecular complexity index is 808. The van der Waals surface area contributed by atoms with Crippen LogP contribution >= 0.6 is 12.2 Å². The standard InChI is InChI=1S/C22H26N2O3S/c1-3-5-8-15-27-20-13-7-6-12-19(20)21(25)24-22(28)23-17-10-9-11-18(16-17)26-14-4-2/h4,6-7,9-13,16H,2-3,5,8,14-15H2,1H3,(H2,23,24,25,28). The molecule has 0 aromatic heterocycles. The first kappa shape index (κ1) is 21.4. The van der Waals surface area contributed by atoms with Crippen molar-refractivity contribution in [2.75, 3.05) is 18.5 Å². The van der Waals surface area contributed by atoms with E-state index in [0.717, 1.165) is 24.9 Å². The second-order valence-corrected chi connectivity index (χ2v) is 6.50. The number of carbonyl (C=O) groups excluding carboxylic acids is 1. The van der Waals surface area contributed by atoms with Crippen molar-refractivity contribution in [2.24, 2.45) is 0 Å². The lowest BCUT2D eigenvalue weighted by molar-refractivity contribution is 0.0973. The minimum atomic E-state index is -0.317. The van der Waals surface area contributed by atoms with Gasteiger partial charge in [0, 0.05) is 11.8 Å². The van der Waals surface area contributed by atoms with Crippen LogP contribution in [0.1, 0.15) is 36.5 Å². The second kappa shape index (κ2) is 11.8. The van der Waals surface area contributed by atoms with Gasteiger partial charge in [-0.3, -0.25) is 10.1 Å². The van der Waals surface area contributed by atoms with Gasteiger partial charge in [-0.05, 0) is 42.9 Å². The largest absolute Gasteiger partial charge is 0.493 e. The zero-order valence-corrected chi connectivity index (χ0v) is 16.9. The second-order valence-electron chi connectivity index (χ2n) is 6.09. The number of rotatable bonds is 10. The molecule has 0 radical (unpaired) electrons. The fraction of sp³-hybridized carbons (Fsp3) is 0.273. The molecule has 5 nitrogen and oxygen atoms in total. The van der Waals surface area contributed by atoms with Crippen LogP contribution < -0.4 is 20.1 Å². The van der Waals surface area contributed by atoms with E-state index in [-0.39, 0.29) is 11.0 Å². The van der Waals surface area contributed by atoms with Crippen molar-refractivity contribution >= 4 is 28.9 Å². The van der Waals surface area contributed by atoms with Crippen molar-refractivity contribution in [1.29, 1.82) is 0 Å². The predicted molar refractivity (Wildman–Crippen MR) is 117 cm³/mol. The van der Waals surface area contributed by atoms with Crippen LogP contribution in [-0.4, -0.2) is 24.2 Å². The van der Waals surface area contributed by atoms with Gasteiger partial charge in [-0.2, -0.15) is 0 Å². The molecule has 0 aliphatic heterocycles. The Hall–Kier alpha value is -2.86. The van der Waals surface area contributed by atoms with Crippen molar-refractivity contribution < 1.29 is 14.3 Å². The normalized spacial score (nSPS) is 10.0. The molecular formula is C22H26N2O3S. The van der Waals surface area contributed by atoms with Gasteiger partial charge in [-0.25, -0.2) is 0 Å².